The molecule has 0 atom stereocenters. The molecular formula is C14H13NOPt. The molecule has 0 unspecified atom stereocenters. The summed E-state index contributed by atoms with van der Waals surface area (Å²) in [6.45, 7) is 0.832. The Morgan fingerprint density at radius 2 is 1.71 bits per heavy atom. The summed E-state index contributed by atoms with van der Waals surface area (Å²) in [4.78, 5) is 10.7. The number of hydrogen-bond donors (Lipinski definition) is 0. The molecule has 0 heterocycles. The Kier molecular flexibility index (Phi) is 4.33. The first-order valence-corrected chi connectivity index (χ1v) is 6.56. The van der Waals surface area contributed by atoms with Crippen molar-refractivity contribution in [3.05, 3.63) is 47.5 Å². The summed E-state index contributed by atoms with van der Waals surface area (Å²) in [5.41, 5.74) is 2.40. The molecule has 0 radical (unpaired) electrons. The van der Waals surface area contributed by atoms with Crippen LogP contribution in [0.3, 0.4) is 0 Å². The zero-order valence-electron chi connectivity index (χ0n) is 9.33. The van der Waals surface area contributed by atoms with Crippen molar-refractivity contribution in [2.75, 3.05) is 6.54 Å². The molecule has 0 aliphatic carbocycles. The van der Waals surface area contributed by atoms with Crippen LogP contribution in [0.1, 0.15) is 11.1 Å². The number of carbonyl (C=O) groups excluding carboxylic acids is 1. The Morgan fingerprint density at radius 1 is 1.06 bits per heavy atom. The van der Waals surface area contributed by atoms with E-state index in [1.165, 1.54) is 16.3 Å². The molecule has 0 aromatic heterocycles. The zero-order chi connectivity index (χ0) is 12.1. The molecule has 2 nitrogen and oxygen atoms in total. The van der Waals surface area contributed by atoms with E-state index in [-0.39, 0.29) is 0 Å². The average molecular weight is 406 g/mol. The van der Waals surface area contributed by atoms with Crippen LogP contribution in [0, 0.1) is 0 Å². The molecule has 0 fully saturated rings. The fourth-order valence-corrected chi connectivity index (χ4v) is 2.32. The van der Waals surface area contributed by atoms with Gasteiger partial charge >= 0.3 is 112 Å². The number of fused-ring (bicyclic) bond motifs is 1. The topological polar surface area (TPSA) is 29.4 Å². The summed E-state index contributed by atoms with van der Waals surface area (Å²) in [7, 11) is 0. The van der Waals surface area contributed by atoms with Crippen LogP contribution >= 0.6 is 0 Å². The van der Waals surface area contributed by atoms with Crippen molar-refractivity contribution in [3.63, 3.8) is 0 Å². The van der Waals surface area contributed by atoms with Gasteiger partial charge in [-0.25, -0.2) is 0 Å². The van der Waals surface area contributed by atoms with Crippen LogP contribution < -0.4 is 0 Å². The molecule has 0 N–H and O–H groups in total. The Hall–Kier alpha value is -1.14. The number of benzene rings is 2. The van der Waals surface area contributed by atoms with E-state index in [2.05, 4.69) is 27.8 Å². The molecule has 2 aromatic rings. The van der Waals surface area contributed by atoms with Gasteiger partial charge in [-0.05, 0) is 0 Å². The monoisotopic (exact) mass is 406 g/mol. The van der Waals surface area contributed by atoms with Gasteiger partial charge in [-0.15, -0.1) is 0 Å². The summed E-state index contributed by atoms with van der Waals surface area (Å²) in [5.74, 6) is 0. The van der Waals surface area contributed by atoms with Crippen molar-refractivity contribution >= 4 is 17.1 Å². The van der Waals surface area contributed by atoms with Crippen LogP contribution in [0.5, 0.6) is 0 Å². The summed E-state index contributed by atoms with van der Waals surface area (Å²) < 4.78 is 4.11. The van der Waals surface area contributed by atoms with Crippen molar-refractivity contribution in [2.45, 2.75) is 12.8 Å². The van der Waals surface area contributed by atoms with Gasteiger partial charge in [0.1, 0.15) is 0 Å². The molecule has 0 saturated heterocycles. The van der Waals surface area contributed by atoms with Crippen molar-refractivity contribution < 1.29 is 24.4 Å². The van der Waals surface area contributed by atoms with Crippen LogP contribution in [0.25, 0.3) is 10.8 Å². The van der Waals surface area contributed by atoms with Gasteiger partial charge in [0.05, 0.1) is 0 Å². The number of rotatable bonds is 5. The molecule has 0 saturated carbocycles. The van der Waals surface area contributed by atoms with E-state index in [0.29, 0.717) is 6.42 Å². The molecule has 3 heteroatoms. The molecule has 0 aliphatic heterocycles. The number of aldehydes is 1. The van der Waals surface area contributed by atoms with Crippen LogP contribution in [-0.4, -0.2) is 12.8 Å². The molecule has 17 heavy (non-hydrogen) atoms. The molecule has 0 spiro atoms. The van der Waals surface area contributed by atoms with Crippen LogP contribution in [0.15, 0.2) is 39.9 Å². The van der Waals surface area contributed by atoms with Crippen molar-refractivity contribution in [2.24, 2.45) is 3.50 Å². The van der Waals surface area contributed by atoms with Crippen molar-refractivity contribution in [1.29, 1.82) is 0 Å². The first-order valence-electron chi connectivity index (χ1n) is 5.55. The van der Waals surface area contributed by atoms with E-state index in [9.17, 15) is 4.79 Å². The van der Waals surface area contributed by atoms with Crippen LogP contribution in [-0.2, 0) is 37.3 Å². The third-order valence-corrected chi connectivity index (χ3v) is 3.37. The Labute approximate surface area is 112 Å². The average Bonchev–Trinajstić information content (AvgIpc) is 2.38. The van der Waals surface area contributed by atoms with Gasteiger partial charge in [0.15, 0.2) is 0 Å². The predicted molar refractivity (Wildman–Crippen MR) is 64.7 cm³/mol. The maximum atomic E-state index is 10.7. The molecule has 0 amide bonds. The molecule has 2 aromatic carbocycles. The normalized spacial score (nSPS) is 10.5. The minimum atomic E-state index is 0.484. The Bertz CT molecular complexity index is 551. The van der Waals surface area contributed by atoms with E-state index in [4.69, 9.17) is 0 Å². The predicted octanol–water partition coefficient (Wildman–Crippen LogP) is 2.85. The van der Waals surface area contributed by atoms with E-state index in [0.717, 1.165) is 24.8 Å². The van der Waals surface area contributed by atoms with Crippen LogP contribution in [0.2, 0.25) is 0 Å². The van der Waals surface area contributed by atoms with Gasteiger partial charge < -0.3 is 0 Å². The van der Waals surface area contributed by atoms with Crippen LogP contribution in [0.4, 0.5) is 0 Å². The summed E-state index contributed by atoms with van der Waals surface area (Å²) in [6.07, 6.45) is 2.39. The summed E-state index contributed by atoms with van der Waals surface area (Å²) >= 11 is 2.02. The quantitative estimate of drug-likeness (QED) is 0.703. The molecule has 2 rings (SSSR count). The summed E-state index contributed by atoms with van der Waals surface area (Å²) in [6, 6.07) is 12.4. The Morgan fingerprint density at radius 3 is 2.35 bits per heavy atom. The zero-order valence-corrected chi connectivity index (χ0v) is 11.6. The SMILES string of the molecule is O=CCc1ccc(CC[N]=[Pt])c2ccccc12. The minimum absolute atomic E-state index is 0.484. The maximum absolute atomic E-state index is 10.7. The molecule has 0 bridgehead atoms. The van der Waals surface area contributed by atoms with Gasteiger partial charge in [-0.3, -0.25) is 0 Å². The third-order valence-electron chi connectivity index (χ3n) is 2.86. The van der Waals surface area contributed by atoms with E-state index < -0.39 is 0 Å². The van der Waals surface area contributed by atoms with E-state index >= 15 is 0 Å². The van der Waals surface area contributed by atoms with Gasteiger partial charge in [0.2, 0.25) is 0 Å². The van der Waals surface area contributed by atoms with E-state index in [1.807, 2.05) is 31.8 Å². The fraction of sp³-hybridized carbons (Fsp3) is 0.214. The first kappa shape index (κ1) is 12.3. The van der Waals surface area contributed by atoms with E-state index in [1.54, 1.807) is 0 Å². The first-order chi connectivity index (χ1) is 8.36. The number of carbonyl (C=O) groups is 1. The van der Waals surface area contributed by atoms with Gasteiger partial charge in [0, 0.05) is 0 Å². The number of nitrogens with zero attached hydrogens (tertiary/aromatic N) is 1. The van der Waals surface area contributed by atoms with Gasteiger partial charge in [-0.2, -0.15) is 0 Å². The van der Waals surface area contributed by atoms with Crippen molar-refractivity contribution in [1.82, 2.24) is 0 Å². The molecular weight excluding hydrogens is 393 g/mol. The fourth-order valence-electron chi connectivity index (χ4n) is 2.07. The second-order valence-corrected chi connectivity index (χ2v) is 4.59. The van der Waals surface area contributed by atoms with Gasteiger partial charge in [0.25, 0.3) is 0 Å². The van der Waals surface area contributed by atoms with Gasteiger partial charge in [-0.1, -0.05) is 0 Å². The number of hydrogen-bond acceptors (Lipinski definition) is 2. The third kappa shape index (κ3) is 2.76. The molecule has 0 aliphatic rings. The van der Waals surface area contributed by atoms with Crippen molar-refractivity contribution in [3.8, 4) is 0 Å². The standard InChI is InChI=1S/C14H13NO.Pt/c15-9-7-11-5-6-12(8-10-16)14-4-2-1-3-13(11)14;/h1-6,10H,7-9H2;. The second kappa shape index (κ2) is 5.97. The summed E-state index contributed by atoms with van der Waals surface area (Å²) in [5, 5.41) is 2.43. The molecule has 90 valence electrons. The Balaban J connectivity index is 2.53. The second-order valence-electron chi connectivity index (χ2n) is 3.87.